The van der Waals surface area contributed by atoms with E-state index < -0.39 is 30.3 Å². The van der Waals surface area contributed by atoms with Gasteiger partial charge in [0.15, 0.2) is 0 Å². The monoisotopic (exact) mass is 324 g/mol. The molecule has 1 rings (SSSR count). The minimum absolute atomic E-state index is 0.0332. The third-order valence-corrected chi connectivity index (χ3v) is 3.51. The van der Waals surface area contributed by atoms with Gasteiger partial charge in [-0.15, -0.1) is 0 Å². The van der Waals surface area contributed by atoms with E-state index in [1.807, 2.05) is 0 Å². The van der Waals surface area contributed by atoms with Crippen LogP contribution in [0.3, 0.4) is 0 Å². The van der Waals surface area contributed by atoms with E-state index in [0.717, 1.165) is 25.7 Å². The Kier molecular flexibility index (Phi) is 6.52. The van der Waals surface area contributed by atoms with Crippen LogP contribution in [0.2, 0.25) is 0 Å². The number of rotatable bonds is 4. The van der Waals surface area contributed by atoms with Gasteiger partial charge in [0, 0.05) is 18.1 Å². The summed E-state index contributed by atoms with van der Waals surface area (Å²) in [5, 5.41) is 5.84. The lowest BCUT2D eigenvalue weighted by molar-refractivity contribution is -0.139. The van der Waals surface area contributed by atoms with E-state index in [2.05, 4.69) is 10.6 Å². The molecule has 2 N–H and O–H groups in total. The van der Waals surface area contributed by atoms with Gasteiger partial charge in [-0.1, -0.05) is 0 Å². The Bertz CT molecular complexity index is 359. The highest BCUT2D eigenvalue weighted by Crippen LogP contribution is 2.24. The summed E-state index contributed by atoms with van der Waals surface area (Å²) in [5.74, 6) is 0. The summed E-state index contributed by atoms with van der Waals surface area (Å²) in [6, 6.07) is -0.472. The first-order valence-corrected chi connectivity index (χ1v) is 7.77. The average molecular weight is 324 g/mol. The summed E-state index contributed by atoms with van der Waals surface area (Å²) < 4.78 is 42.1. The van der Waals surface area contributed by atoms with E-state index in [4.69, 9.17) is 4.74 Å². The molecule has 0 aliphatic heterocycles. The molecule has 1 unspecified atom stereocenters. The van der Waals surface area contributed by atoms with Crippen molar-refractivity contribution in [2.24, 2.45) is 0 Å². The number of amides is 1. The molecule has 4 nitrogen and oxygen atoms in total. The molecule has 0 heterocycles. The maximum Gasteiger partial charge on any atom is 0.407 e. The first-order chi connectivity index (χ1) is 9.94. The summed E-state index contributed by atoms with van der Waals surface area (Å²) in [4.78, 5) is 11.7. The van der Waals surface area contributed by atoms with Crippen molar-refractivity contribution in [3.8, 4) is 0 Å². The van der Waals surface area contributed by atoms with Gasteiger partial charge in [0.1, 0.15) is 5.60 Å². The molecule has 1 aliphatic rings. The fourth-order valence-electron chi connectivity index (χ4n) is 2.69. The molecule has 0 aromatic heterocycles. The summed E-state index contributed by atoms with van der Waals surface area (Å²) in [5.41, 5.74) is -0.532. The van der Waals surface area contributed by atoms with Crippen molar-refractivity contribution in [2.75, 3.05) is 0 Å². The van der Waals surface area contributed by atoms with Gasteiger partial charge in [0.05, 0.1) is 6.42 Å². The second kappa shape index (κ2) is 7.53. The van der Waals surface area contributed by atoms with Crippen LogP contribution in [0, 0.1) is 0 Å². The van der Waals surface area contributed by atoms with Crippen LogP contribution in [0.1, 0.15) is 59.8 Å². The van der Waals surface area contributed by atoms with Crippen LogP contribution < -0.4 is 10.6 Å². The van der Waals surface area contributed by atoms with Crippen molar-refractivity contribution in [1.29, 1.82) is 0 Å². The number of hydrogen-bond donors (Lipinski definition) is 2. The third-order valence-electron chi connectivity index (χ3n) is 3.51. The molecule has 0 radical (unpaired) electrons. The van der Waals surface area contributed by atoms with Crippen molar-refractivity contribution in [1.82, 2.24) is 10.6 Å². The van der Waals surface area contributed by atoms with E-state index in [-0.39, 0.29) is 12.1 Å². The topological polar surface area (TPSA) is 50.4 Å². The highest BCUT2D eigenvalue weighted by Gasteiger charge is 2.32. The van der Waals surface area contributed by atoms with Crippen molar-refractivity contribution >= 4 is 6.09 Å². The minimum atomic E-state index is -4.14. The maximum absolute atomic E-state index is 12.3. The van der Waals surface area contributed by atoms with E-state index in [1.165, 1.54) is 0 Å². The molecular formula is C15H27F3N2O2. The molecule has 0 aromatic carbocycles. The first kappa shape index (κ1) is 19.1. The fraction of sp³-hybridized carbons (Fsp3) is 0.933. The quantitative estimate of drug-likeness (QED) is 0.828. The standard InChI is InChI=1S/C15H27F3N2O2/c1-10(9-15(16,17)18)19-11-5-7-12(8-6-11)20-13(21)22-14(2,3)4/h10-12,19H,5-9H2,1-4H3,(H,20,21). The third kappa shape index (κ3) is 8.46. The molecule has 0 saturated heterocycles. The van der Waals surface area contributed by atoms with E-state index in [0.29, 0.717) is 0 Å². The molecule has 0 bridgehead atoms. The summed E-state index contributed by atoms with van der Waals surface area (Å²) in [7, 11) is 0. The zero-order valence-electron chi connectivity index (χ0n) is 13.7. The zero-order valence-corrected chi connectivity index (χ0v) is 13.7. The molecule has 1 fully saturated rings. The van der Waals surface area contributed by atoms with Crippen molar-refractivity contribution < 1.29 is 22.7 Å². The Hall–Kier alpha value is -0.980. The second-order valence-corrected chi connectivity index (χ2v) is 7.08. The number of hydrogen-bond acceptors (Lipinski definition) is 3. The van der Waals surface area contributed by atoms with Crippen LogP contribution in [-0.2, 0) is 4.74 Å². The van der Waals surface area contributed by atoms with Crippen molar-refractivity contribution in [2.45, 2.75) is 89.7 Å². The molecule has 7 heteroatoms. The number of halogens is 3. The van der Waals surface area contributed by atoms with E-state index >= 15 is 0 Å². The van der Waals surface area contributed by atoms with Crippen LogP contribution in [0.4, 0.5) is 18.0 Å². The van der Waals surface area contributed by atoms with Gasteiger partial charge in [-0.05, 0) is 53.4 Å². The summed E-state index contributed by atoms with van der Waals surface area (Å²) in [6.07, 6.45) is -2.39. The van der Waals surface area contributed by atoms with Crippen LogP contribution in [0.5, 0.6) is 0 Å². The lowest BCUT2D eigenvalue weighted by atomic mass is 9.90. The second-order valence-electron chi connectivity index (χ2n) is 7.08. The number of carbonyl (C=O) groups is 1. The lowest BCUT2D eigenvalue weighted by Gasteiger charge is -2.32. The molecule has 1 saturated carbocycles. The Morgan fingerprint density at radius 2 is 1.64 bits per heavy atom. The van der Waals surface area contributed by atoms with Gasteiger partial charge < -0.3 is 15.4 Å². The summed E-state index contributed by atoms with van der Waals surface area (Å²) in [6.45, 7) is 6.96. The van der Waals surface area contributed by atoms with Crippen LogP contribution >= 0.6 is 0 Å². The Balaban J connectivity index is 2.27. The summed E-state index contributed by atoms with van der Waals surface area (Å²) >= 11 is 0. The van der Waals surface area contributed by atoms with E-state index in [1.54, 1.807) is 27.7 Å². The first-order valence-electron chi connectivity index (χ1n) is 7.77. The zero-order chi connectivity index (χ0) is 17.0. The lowest BCUT2D eigenvalue weighted by Crippen LogP contribution is -2.46. The highest BCUT2D eigenvalue weighted by molar-refractivity contribution is 5.68. The minimum Gasteiger partial charge on any atom is -0.444 e. The SMILES string of the molecule is CC(CC(F)(F)F)NC1CCC(NC(=O)OC(C)(C)C)CC1. The number of nitrogens with one attached hydrogen (secondary N) is 2. The fourth-order valence-corrected chi connectivity index (χ4v) is 2.69. The average Bonchev–Trinajstić information content (AvgIpc) is 2.26. The van der Waals surface area contributed by atoms with Gasteiger partial charge in [0.25, 0.3) is 0 Å². The molecule has 130 valence electrons. The van der Waals surface area contributed by atoms with E-state index in [9.17, 15) is 18.0 Å². The molecule has 1 atom stereocenters. The van der Waals surface area contributed by atoms with Gasteiger partial charge >= 0.3 is 12.3 Å². The van der Waals surface area contributed by atoms with Crippen LogP contribution in [-0.4, -0.2) is 36.0 Å². The van der Waals surface area contributed by atoms with Crippen molar-refractivity contribution in [3.05, 3.63) is 0 Å². The van der Waals surface area contributed by atoms with Gasteiger partial charge in [-0.25, -0.2) is 4.79 Å². The smallest absolute Gasteiger partial charge is 0.407 e. The Morgan fingerprint density at radius 3 is 2.09 bits per heavy atom. The number of alkyl carbamates (subject to hydrolysis) is 1. The van der Waals surface area contributed by atoms with Crippen LogP contribution in [0.15, 0.2) is 0 Å². The maximum atomic E-state index is 12.3. The molecule has 1 aliphatic carbocycles. The van der Waals surface area contributed by atoms with Crippen molar-refractivity contribution in [3.63, 3.8) is 0 Å². The largest absolute Gasteiger partial charge is 0.444 e. The van der Waals surface area contributed by atoms with Gasteiger partial charge in [-0.2, -0.15) is 13.2 Å². The van der Waals surface area contributed by atoms with Gasteiger partial charge in [-0.3, -0.25) is 0 Å². The molecule has 0 aromatic rings. The van der Waals surface area contributed by atoms with Gasteiger partial charge in [0.2, 0.25) is 0 Å². The normalized spacial score (nSPS) is 24.7. The predicted octanol–water partition coefficient (Wildman–Crippen LogP) is 3.75. The molecule has 0 spiro atoms. The highest BCUT2D eigenvalue weighted by atomic mass is 19.4. The number of alkyl halides is 3. The predicted molar refractivity (Wildman–Crippen MR) is 78.7 cm³/mol. The Labute approximate surface area is 130 Å². The molecule has 1 amide bonds. The molecular weight excluding hydrogens is 297 g/mol. The molecule has 22 heavy (non-hydrogen) atoms. The van der Waals surface area contributed by atoms with Crippen LogP contribution in [0.25, 0.3) is 0 Å². The Morgan fingerprint density at radius 1 is 1.14 bits per heavy atom. The number of carbonyl (C=O) groups excluding carboxylic acids is 1. The number of ether oxygens (including phenoxy) is 1.